The molecule has 0 saturated heterocycles. The molecule has 0 fully saturated rings. The lowest BCUT2D eigenvalue weighted by Crippen LogP contribution is -2.17. The quantitative estimate of drug-likeness (QED) is 0.308. The Hall–Kier alpha value is -4.17. The number of esters is 1. The Kier molecular flexibility index (Phi) is 5.96. The molecule has 0 N–H and O–H groups in total. The Morgan fingerprint density at radius 2 is 1.83 bits per heavy atom. The maximum Gasteiger partial charge on any atom is 0.342 e. The second-order valence-corrected chi connectivity index (χ2v) is 8.46. The summed E-state index contributed by atoms with van der Waals surface area (Å²) in [4.78, 5) is 29.9. The van der Waals surface area contributed by atoms with Crippen LogP contribution in [-0.4, -0.2) is 20.5 Å². The normalized spacial score (nSPS) is 11.2. The number of ether oxygens (including phenoxy) is 2. The molecule has 0 aliphatic heterocycles. The molecule has 8 nitrogen and oxygen atoms in total. The summed E-state index contributed by atoms with van der Waals surface area (Å²) in [6.07, 6.45) is 1.49. The standard InChI is InChI=1S/C26H20ClN3O5/c1-15-22(16(2)35-29-15)14-33-23-10-18-6-4-3-5-17(18)9-21(23)26(32)34-13-20-11-25(31)30-12-19(27)7-8-24(30)28-20/h3-12H,13-14H2,1-2H3. The monoisotopic (exact) mass is 489 g/mol. The molecule has 0 radical (unpaired) electrons. The largest absolute Gasteiger partial charge is 0.488 e. The Morgan fingerprint density at radius 1 is 1.06 bits per heavy atom. The predicted octanol–water partition coefficient (Wildman–Crippen LogP) is 5.04. The predicted molar refractivity (Wildman–Crippen MR) is 130 cm³/mol. The number of hydrogen-bond acceptors (Lipinski definition) is 7. The second kappa shape index (κ2) is 9.23. The summed E-state index contributed by atoms with van der Waals surface area (Å²) in [6.45, 7) is 3.65. The molecular formula is C26H20ClN3O5. The maximum atomic E-state index is 13.1. The molecule has 5 aromatic rings. The Morgan fingerprint density at radius 3 is 2.57 bits per heavy atom. The molecule has 2 aromatic carbocycles. The van der Waals surface area contributed by atoms with Crippen LogP contribution in [-0.2, 0) is 18.0 Å². The molecule has 0 unspecified atom stereocenters. The molecule has 0 saturated carbocycles. The van der Waals surface area contributed by atoms with Gasteiger partial charge in [-0.1, -0.05) is 41.0 Å². The molecule has 3 aromatic heterocycles. The van der Waals surface area contributed by atoms with Crippen LogP contribution in [0.3, 0.4) is 0 Å². The smallest absolute Gasteiger partial charge is 0.342 e. The highest BCUT2D eigenvalue weighted by Crippen LogP contribution is 2.28. The molecule has 35 heavy (non-hydrogen) atoms. The molecule has 3 heterocycles. The Balaban J connectivity index is 1.42. The maximum absolute atomic E-state index is 13.1. The summed E-state index contributed by atoms with van der Waals surface area (Å²) >= 11 is 5.96. The van der Waals surface area contributed by atoms with Crippen molar-refractivity contribution in [1.29, 1.82) is 0 Å². The molecule has 0 bridgehead atoms. The second-order valence-electron chi connectivity index (χ2n) is 8.02. The van der Waals surface area contributed by atoms with Gasteiger partial charge in [-0.15, -0.1) is 0 Å². The number of halogens is 1. The van der Waals surface area contributed by atoms with Crippen molar-refractivity contribution < 1.29 is 18.8 Å². The van der Waals surface area contributed by atoms with E-state index in [0.717, 1.165) is 22.0 Å². The van der Waals surface area contributed by atoms with Crippen molar-refractivity contribution in [2.24, 2.45) is 0 Å². The summed E-state index contributed by atoms with van der Waals surface area (Å²) in [7, 11) is 0. The summed E-state index contributed by atoms with van der Waals surface area (Å²) in [5, 5.41) is 6.14. The number of carbonyl (C=O) groups is 1. The first-order valence-electron chi connectivity index (χ1n) is 10.8. The summed E-state index contributed by atoms with van der Waals surface area (Å²) < 4.78 is 18.1. The fourth-order valence-corrected chi connectivity index (χ4v) is 3.93. The van der Waals surface area contributed by atoms with Gasteiger partial charge in [-0.25, -0.2) is 9.78 Å². The topological polar surface area (TPSA) is 95.9 Å². The van der Waals surface area contributed by atoms with Gasteiger partial charge in [0.25, 0.3) is 5.56 Å². The van der Waals surface area contributed by atoms with E-state index in [1.165, 1.54) is 16.7 Å². The first-order valence-corrected chi connectivity index (χ1v) is 11.2. The average Bonchev–Trinajstić information content (AvgIpc) is 3.18. The zero-order valence-corrected chi connectivity index (χ0v) is 19.7. The molecule has 0 aliphatic carbocycles. The molecular weight excluding hydrogens is 470 g/mol. The number of aromatic nitrogens is 3. The number of carbonyl (C=O) groups excluding carboxylic acids is 1. The van der Waals surface area contributed by atoms with Gasteiger partial charge in [-0.3, -0.25) is 9.20 Å². The van der Waals surface area contributed by atoms with E-state index in [-0.39, 0.29) is 24.3 Å². The zero-order chi connectivity index (χ0) is 24.5. The molecule has 9 heteroatoms. The summed E-state index contributed by atoms with van der Waals surface area (Å²) in [5.74, 6) is 0.430. The van der Waals surface area contributed by atoms with Crippen LogP contribution >= 0.6 is 11.6 Å². The molecule has 176 valence electrons. The number of benzene rings is 2. The third-order valence-corrected chi connectivity index (χ3v) is 5.87. The minimum atomic E-state index is -0.595. The Bertz CT molecular complexity index is 1620. The number of nitrogens with zero attached hydrogens (tertiary/aromatic N) is 3. The van der Waals surface area contributed by atoms with Gasteiger partial charge in [-0.2, -0.15) is 0 Å². The van der Waals surface area contributed by atoms with Crippen LogP contribution in [0.5, 0.6) is 5.75 Å². The van der Waals surface area contributed by atoms with Crippen LogP contribution in [0, 0.1) is 13.8 Å². The number of fused-ring (bicyclic) bond motifs is 2. The highest BCUT2D eigenvalue weighted by molar-refractivity contribution is 6.30. The van der Waals surface area contributed by atoms with Crippen LogP contribution in [0.1, 0.15) is 33.1 Å². The number of pyridine rings is 1. The number of hydrogen-bond donors (Lipinski definition) is 0. The van der Waals surface area contributed by atoms with Gasteiger partial charge in [0.15, 0.2) is 0 Å². The summed E-state index contributed by atoms with van der Waals surface area (Å²) in [6, 6.07) is 15.7. The number of aryl methyl sites for hydroxylation is 2. The van der Waals surface area contributed by atoms with E-state index in [9.17, 15) is 9.59 Å². The fraction of sp³-hybridized carbons (Fsp3) is 0.154. The minimum Gasteiger partial charge on any atom is -0.488 e. The van der Waals surface area contributed by atoms with Crippen molar-refractivity contribution in [3.63, 3.8) is 0 Å². The highest BCUT2D eigenvalue weighted by Gasteiger charge is 2.18. The zero-order valence-electron chi connectivity index (χ0n) is 18.9. The van der Waals surface area contributed by atoms with Crippen LogP contribution in [0.25, 0.3) is 16.4 Å². The summed E-state index contributed by atoms with van der Waals surface area (Å²) in [5.41, 5.74) is 2.21. The van der Waals surface area contributed by atoms with Crippen molar-refractivity contribution in [3.8, 4) is 5.75 Å². The lowest BCUT2D eigenvalue weighted by atomic mass is 10.1. The van der Waals surface area contributed by atoms with Crippen LogP contribution in [0.2, 0.25) is 5.02 Å². The van der Waals surface area contributed by atoms with Gasteiger partial charge in [0.2, 0.25) is 0 Å². The van der Waals surface area contributed by atoms with Crippen LogP contribution in [0.15, 0.2) is 70.1 Å². The van der Waals surface area contributed by atoms with E-state index in [0.29, 0.717) is 27.9 Å². The third kappa shape index (κ3) is 4.61. The van der Waals surface area contributed by atoms with Gasteiger partial charge in [0.1, 0.15) is 35.9 Å². The van der Waals surface area contributed by atoms with Crippen molar-refractivity contribution in [3.05, 3.63) is 104 Å². The van der Waals surface area contributed by atoms with Crippen molar-refractivity contribution in [1.82, 2.24) is 14.5 Å². The van der Waals surface area contributed by atoms with Gasteiger partial charge in [0.05, 0.1) is 22.0 Å². The van der Waals surface area contributed by atoms with Gasteiger partial charge < -0.3 is 14.0 Å². The van der Waals surface area contributed by atoms with E-state index < -0.39 is 5.97 Å². The fourth-order valence-electron chi connectivity index (χ4n) is 3.77. The molecule has 0 spiro atoms. The molecule has 0 aliphatic rings. The molecule has 5 rings (SSSR count). The minimum absolute atomic E-state index is 0.177. The lowest BCUT2D eigenvalue weighted by Gasteiger charge is -2.13. The van der Waals surface area contributed by atoms with Gasteiger partial charge in [-0.05, 0) is 48.9 Å². The lowest BCUT2D eigenvalue weighted by molar-refractivity contribution is 0.0463. The third-order valence-electron chi connectivity index (χ3n) is 5.65. The SMILES string of the molecule is Cc1noc(C)c1COc1cc2ccccc2cc1C(=O)OCc1cc(=O)n2cc(Cl)ccc2n1. The first-order chi connectivity index (χ1) is 16.9. The van der Waals surface area contributed by atoms with Crippen molar-refractivity contribution in [2.75, 3.05) is 0 Å². The van der Waals surface area contributed by atoms with Gasteiger partial charge in [0, 0.05) is 12.3 Å². The first kappa shape index (κ1) is 22.6. The van der Waals surface area contributed by atoms with E-state index in [1.807, 2.05) is 31.2 Å². The number of rotatable bonds is 6. The molecule has 0 amide bonds. The van der Waals surface area contributed by atoms with E-state index in [2.05, 4.69) is 10.1 Å². The van der Waals surface area contributed by atoms with Crippen molar-refractivity contribution >= 4 is 34.0 Å². The average molecular weight is 490 g/mol. The van der Waals surface area contributed by atoms with E-state index in [1.54, 1.807) is 31.2 Å². The molecule has 0 atom stereocenters. The highest BCUT2D eigenvalue weighted by atomic mass is 35.5. The Labute approximate surface area is 204 Å². The van der Waals surface area contributed by atoms with Crippen LogP contribution < -0.4 is 10.3 Å². The van der Waals surface area contributed by atoms with Crippen LogP contribution in [0.4, 0.5) is 0 Å². The van der Waals surface area contributed by atoms with Gasteiger partial charge >= 0.3 is 5.97 Å². The van der Waals surface area contributed by atoms with E-state index >= 15 is 0 Å². The van der Waals surface area contributed by atoms with Crippen molar-refractivity contribution in [2.45, 2.75) is 27.1 Å². The van der Waals surface area contributed by atoms with E-state index in [4.69, 9.17) is 25.6 Å².